The monoisotopic (exact) mass is 553 g/mol. The fourth-order valence-electron chi connectivity index (χ4n) is 3.35. The van der Waals surface area contributed by atoms with Crippen LogP contribution < -0.4 is 11.1 Å². The Hall–Kier alpha value is -2.82. The molecular formula is C19H19N7O5S4. The highest BCUT2D eigenvalue weighted by atomic mass is 32.2. The molecule has 0 radical (unpaired) electrons. The average Bonchev–Trinajstić information content (AvgIpc) is 3.29. The predicted molar refractivity (Wildman–Crippen MR) is 134 cm³/mol. The Morgan fingerprint density at radius 1 is 1.37 bits per heavy atom. The van der Waals surface area contributed by atoms with Gasteiger partial charge in [0.2, 0.25) is 0 Å². The maximum atomic E-state index is 12.9. The van der Waals surface area contributed by atoms with Crippen LogP contribution in [0.2, 0.25) is 0 Å². The van der Waals surface area contributed by atoms with Crippen LogP contribution in [-0.4, -0.2) is 85.0 Å². The summed E-state index contributed by atoms with van der Waals surface area (Å²) in [5.41, 5.74) is 6.25. The Morgan fingerprint density at radius 2 is 2.11 bits per heavy atom. The van der Waals surface area contributed by atoms with Crippen LogP contribution in [0, 0.1) is 0 Å². The number of oxime groups is 1. The second-order valence-corrected chi connectivity index (χ2v) is 10.8. The molecule has 35 heavy (non-hydrogen) atoms. The number of fused-ring (bicyclic) bond motifs is 1. The maximum absolute atomic E-state index is 12.9. The molecule has 1 fully saturated rings. The normalized spacial score (nSPS) is 19.8. The van der Waals surface area contributed by atoms with E-state index in [-0.39, 0.29) is 22.2 Å². The summed E-state index contributed by atoms with van der Waals surface area (Å²) in [4.78, 5) is 47.8. The summed E-state index contributed by atoms with van der Waals surface area (Å²) < 4.78 is 0. The number of aromatic nitrogens is 3. The number of carboxylic acids is 1. The lowest BCUT2D eigenvalue weighted by Gasteiger charge is -2.49. The molecule has 0 unspecified atom stereocenters. The molecule has 0 aliphatic carbocycles. The topological polar surface area (TPSA) is 173 Å². The van der Waals surface area contributed by atoms with Crippen molar-refractivity contribution >= 4 is 75.2 Å². The molecule has 16 heteroatoms. The number of thiazole rings is 1. The number of nitrogen functional groups attached to an aromatic ring is 1. The quantitative estimate of drug-likeness (QED) is 0.175. The lowest BCUT2D eigenvalue weighted by molar-refractivity contribution is -0.150. The van der Waals surface area contributed by atoms with Gasteiger partial charge in [-0.15, -0.1) is 56.8 Å². The van der Waals surface area contributed by atoms with Gasteiger partial charge in [0.25, 0.3) is 11.8 Å². The Balaban J connectivity index is 1.47. The number of carbonyl (C=O) groups is 3. The molecule has 4 N–H and O–H groups in total. The third-order valence-electron chi connectivity index (χ3n) is 4.92. The lowest BCUT2D eigenvalue weighted by atomic mass is 10.0. The number of carbonyl (C=O) groups excluding carboxylic acids is 2. The second kappa shape index (κ2) is 10.8. The SMILES string of the molecule is CON=C(C(=O)N[C@@H]1C(=O)N2C(C(=O)O)=C(CSc3ccc(SC)nn3)CS[C@@H]12)c1csc(N)n1. The van der Waals surface area contributed by atoms with Gasteiger partial charge < -0.3 is 21.0 Å². The molecule has 0 aromatic carbocycles. The van der Waals surface area contributed by atoms with Crippen molar-refractivity contribution in [3.8, 4) is 0 Å². The Bertz CT molecular complexity index is 1220. The third kappa shape index (κ3) is 5.24. The van der Waals surface area contributed by atoms with E-state index in [2.05, 4.69) is 25.7 Å². The summed E-state index contributed by atoms with van der Waals surface area (Å²) in [5.74, 6) is -1.68. The first-order valence-corrected chi connectivity index (χ1v) is 14.0. The van der Waals surface area contributed by atoms with E-state index in [1.165, 1.54) is 47.3 Å². The van der Waals surface area contributed by atoms with Crippen LogP contribution in [0.1, 0.15) is 5.69 Å². The van der Waals surface area contributed by atoms with Crippen molar-refractivity contribution in [1.29, 1.82) is 0 Å². The molecule has 2 aromatic heterocycles. The molecule has 2 aliphatic rings. The first-order chi connectivity index (χ1) is 16.8. The highest BCUT2D eigenvalue weighted by Crippen LogP contribution is 2.41. The number of aliphatic carboxylic acids is 1. The van der Waals surface area contributed by atoms with E-state index >= 15 is 0 Å². The molecule has 0 bridgehead atoms. The van der Waals surface area contributed by atoms with Crippen molar-refractivity contribution in [2.75, 3.05) is 30.6 Å². The van der Waals surface area contributed by atoms with Crippen LogP contribution in [0.5, 0.6) is 0 Å². The van der Waals surface area contributed by atoms with Crippen molar-refractivity contribution in [1.82, 2.24) is 25.4 Å². The minimum atomic E-state index is -1.20. The number of amides is 2. The van der Waals surface area contributed by atoms with E-state index in [0.717, 1.165) is 16.4 Å². The van der Waals surface area contributed by atoms with Gasteiger partial charge >= 0.3 is 5.97 Å². The van der Waals surface area contributed by atoms with E-state index in [9.17, 15) is 19.5 Å². The van der Waals surface area contributed by atoms with E-state index in [4.69, 9.17) is 10.6 Å². The molecule has 2 amide bonds. The highest BCUT2D eigenvalue weighted by molar-refractivity contribution is 8.01. The van der Waals surface area contributed by atoms with E-state index in [0.29, 0.717) is 22.1 Å². The number of carboxylic acid groups (broad SMARTS) is 1. The number of anilines is 1. The minimum absolute atomic E-state index is 0.0662. The van der Waals surface area contributed by atoms with E-state index in [1.54, 1.807) is 5.38 Å². The average molecular weight is 554 g/mol. The summed E-state index contributed by atoms with van der Waals surface area (Å²) in [6.07, 6.45) is 1.90. The molecule has 0 spiro atoms. The van der Waals surface area contributed by atoms with Crippen molar-refractivity contribution in [2.45, 2.75) is 21.5 Å². The zero-order valence-corrected chi connectivity index (χ0v) is 21.6. The van der Waals surface area contributed by atoms with Crippen LogP contribution >= 0.6 is 46.6 Å². The Labute approximate surface area is 216 Å². The maximum Gasteiger partial charge on any atom is 0.352 e. The van der Waals surface area contributed by atoms with Crippen molar-refractivity contribution in [3.05, 3.63) is 34.5 Å². The van der Waals surface area contributed by atoms with Gasteiger partial charge in [-0.1, -0.05) is 5.16 Å². The zero-order chi connectivity index (χ0) is 25.1. The van der Waals surface area contributed by atoms with E-state index in [1.807, 2.05) is 18.4 Å². The van der Waals surface area contributed by atoms with Gasteiger partial charge in [0, 0.05) is 16.9 Å². The zero-order valence-electron chi connectivity index (χ0n) is 18.3. The third-order valence-corrected chi connectivity index (χ3v) is 8.57. The van der Waals surface area contributed by atoms with Gasteiger partial charge in [-0.05, 0) is 24.0 Å². The van der Waals surface area contributed by atoms with Crippen molar-refractivity contribution < 1.29 is 24.3 Å². The van der Waals surface area contributed by atoms with Gasteiger partial charge in [-0.25, -0.2) is 9.78 Å². The number of hydrogen-bond acceptors (Lipinski definition) is 13. The highest BCUT2D eigenvalue weighted by Gasteiger charge is 2.54. The molecule has 4 rings (SSSR count). The smallest absolute Gasteiger partial charge is 0.352 e. The molecule has 0 saturated carbocycles. The number of nitrogens with zero attached hydrogens (tertiary/aromatic N) is 5. The summed E-state index contributed by atoms with van der Waals surface area (Å²) in [5, 5.41) is 27.1. The summed E-state index contributed by atoms with van der Waals surface area (Å²) >= 11 is 5.32. The molecular weight excluding hydrogens is 535 g/mol. The van der Waals surface area contributed by atoms with Crippen LogP contribution in [0.4, 0.5) is 5.13 Å². The Kier molecular flexibility index (Phi) is 7.83. The number of rotatable bonds is 9. The Morgan fingerprint density at radius 3 is 2.71 bits per heavy atom. The van der Waals surface area contributed by atoms with Crippen LogP contribution in [0.25, 0.3) is 0 Å². The fraction of sp³-hybridized carbons (Fsp3) is 0.316. The molecule has 1 saturated heterocycles. The molecule has 2 aliphatic heterocycles. The summed E-state index contributed by atoms with van der Waals surface area (Å²) in [6.45, 7) is 0. The van der Waals surface area contributed by atoms with Crippen LogP contribution in [-0.2, 0) is 19.2 Å². The first kappa shape index (κ1) is 25.3. The van der Waals surface area contributed by atoms with Gasteiger partial charge in [0.1, 0.15) is 40.0 Å². The second-order valence-electron chi connectivity index (χ2n) is 7.01. The fourth-order valence-corrected chi connectivity index (χ4v) is 6.52. The number of nitrogens with one attached hydrogen (secondary N) is 1. The predicted octanol–water partition coefficient (Wildman–Crippen LogP) is 1.12. The first-order valence-electron chi connectivity index (χ1n) is 9.88. The standard InChI is InChI=1S/C19H19N7O5S4/c1-31-25-12(9-7-35-19(20)21-9)15(27)22-13-16(28)26-14(18(29)30)8(6-34-17(13)26)5-33-11-4-3-10(32-2)23-24-11/h3-4,7,13,17H,5-6H2,1-2H3,(H2,20,21)(H,22,27)(H,29,30)/t13-,17+/m1/s1. The molecule has 184 valence electrons. The van der Waals surface area contributed by atoms with Crippen LogP contribution in [0.15, 0.2) is 44.0 Å². The number of hydrogen-bond donors (Lipinski definition) is 3. The summed E-state index contributed by atoms with van der Waals surface area (Å²) in [6, 6.07) is 2.74. The van der Waals surface area contributed by atoms with Crippen molar-refractivity contribution in [2.24, 2.45) is 5.16 Å². The molecule has 4 heterocycles. The minimum Gasteiger partial charge on any atom is -0.477 e. The number of nitrogens with two attached hydrogens (primary N) is 1. The number of thioether (sulfide) groups is 3. The van der Waals surface area contributed by atoms with Gasteiger partial charge in [-0.3, -0.25) is 14.5 Å². The van der Waals surface area contributed by atoms with Gasteiger partial charge in [-0.2, -0.15) is 0 Å². The molecule has 12 nitrogen and oxygen atoms in total. The van der Waals surface area contributed by atoms with Crippen molar-refractivity contribution in [3.63, 3.8) is 0 Å². The lowest BCUT2D eigenvalue weighted by Crippen LogP contribution is -2.71. The van der Waals surface area contributed by atoms with Gasteiger partial charge in [0.15, 0.2) is 10.8 Å². The van der Waals surface area contributed by atoms with E-state index < -0.39 is 29.2 Å². The number of β-lactam (4-membered cyclic amide) rings is 1. The summed E-state index contributed by atoms with van der Waals surface area (Å²) in [7, 11) is 1.28. The largest absolute Gasteiger partial charge is 0.477 e. The molecule has 2 aromatic rings. The van der Waals surface area contributed by atoms with Crippen LogP contribution in [0.3, 0.4) is 0 Å². The molecule has 2 atom stereocenters. The van der Waals surface area contributed by atoms with Gasteiger partial charge in [0.05, 0.1) is 0 Å².